The van der Waals surface area contributed by atoms with Crippen molar-refractivity contribution in [3.05, 3.63) is 71.8 Å². The predicted octanol–water partition coefficient (Wildman–Crippen LogP) is 4.58. The van der Waals surface area contributed by atoms with E-state index >= 15 is 0 Å². The van der Waals surface area contributed by atoms with Gasteiger partial charge in [0.25, 0.3) is 0 Å². The summed E-state index contributed by atoms with van der Waals surface area (Å²) in [6.45, 7) is 3.20. The Kier molecular flexibility index (Phi) is 3.30. The number of rotatable bonds is 5. The molecule has 0 radical (unpaired) electrons. The summed E-state index contributed by atoms with van der Waals surface area (Å²) in [7, 11) is 0. The fourth-order valence-corrected chi connectivity index (χ4v) is 2.72. The average Bonchev–Trinajstić information content (AvgIpc) is 3.13. The zero-order valence-electron chi connectivity index (χ0n) is 12.4. The van der Waals surface area contributed by atoms with Gasteiger partial charge in [0.05, 0.1) is 13.4 Å². The number of nitrogens with zero attached hydrogens (tertiary/aromatic N) is 1. The Bertz CT molecular complexity index is 554. The fourth-order valence-electron chi connectivity index (χ4n) is 2.72. The van der Waals surface area contributed by atoms with E-state index in [0.29, 0.717) is 0 Å². The SMILES string of the molecule is [2H][C@]1(c2ccccc2)[C@H](c2ccccc2)N1CCCC. The minimum absolute atomic E-state index is 0.192. The summed E-state index contributed by atoms with van der Waals surface area (Å²) in [6.07, 6.45) is 2.32. The summed E-state index contributed by atoms with van der Waals surface area (Å²) < 4.78 is 8.94. The van der Waals surface area contributed by atoms with Gasteiger partial charge >= 0.3 is 0 Å². The van der Waals surface area contributed by atoms with Crippen molar-refractivity contribution in [2.45, 2.75) is 31.8 Å². The van der Waals surface area contributed by atoms with Gasteiger partial charge in [-0.25, -0.2) is 0 Å². The minimum Gasteiger partial charge on any atom is -0.285 e. The second-order valence-electron chi connectivity index (χ2n) is 5.11. The van der Waals surface area contributed by atoms with Crippen molar-refractivity contribution in [2.75, 3.05) is 6.54 Å². The summed E-state index contributed by atoms with van der Waals surface area (Å²) in [5.41, 5.74) is 2.35. The molecule has 0 N–H and O–H groups in total. The Morgan fingerprint density at radius 2 is 1.53 bits per heavy atom. The van der Waals surface area contributed by atoms with Crippen LogP contribution in [0.25, 0.3) is 0 Å². The van der Waals surface area contributed by atoms with Crippen molar-refractivity contribution in [3.8, 4) is 0 Å². The van der Waals surface area contributed by atoms with Gasteiger partial charge in [-0.3, -0.25) is 4.90 Å². The standard InChI is InChI=1S/C18H21N/c1-2-3-14-19-17(15-10-6-4-7-11-15)18(19)16-12-8-5-9-13-16/h4-13,17-18H,2-3,14H2,1H3/t17-,18-/m0/s1/i17D/t17-,18-,19?. The Morgan fingerprint density at radius 3 is 2.11 bits per heavy atom. The zero-order chi connectivity index (χ0) is 14.0. The molecule has 1 heterocycles. The summed E-state index contributed by atoms with van der Waals surface area (Å²) >= 11 is 0. The highest BCUT2D eigenvalue weighted by Gasteiger charge is 2.48. The van der Waals surface area contributed by atoms with Crippen molar-refractivity contribution in [1.82, 2.24) is 4.90 Å². The summed E-state index contributed by atoms with van der Waals surface area (Å²) in [6, 6.07) is 20.3. The lowest BCUT2D eigenvalue weighted by atomic mass is 10.0. The topological polar surface area (TPSA) is 3.01 Å². The predicted molar refractivity (Wildman–Crippen MR) is 80.0 cm³/mol. The van der Waals surface area contributed by atoms with Crippen LogP contribution in [0, 0.1) is 0 Å². The lowest BCUT2D eigenvalue weighted by molar-refractivity contribution is 0.467. The van der Waals surface area contributed by atoms with Crippen molar-refractivity contribution >= 4 is 0 Å². The van der Waals surface area contributed by atoms with Gasteiger partial charge in [0.1, 0.15) is 0 Å². The molecule has 2 aromatic rings. The first-order chi connectivity index (χ1) is 9.78. The van der Waals surface area contributed by atoms with Crippen LogP contribution in [0.5, 0.6) is 0 Å². The molecule has 3 rings (SSSR count). The van der Waals surface area contributed by atoms with Gasteiger partial charge in [0.15, 0.2) is 0 Å². The number of hydrogen-bond acceptors (Lipinski definition) is 1. The first kappa shape index (κ1) is 11.2. The van der Waals surface area contributed by atoms with Gasteiger partial charge in [-0.2, -0.15) is 0 Å². The molecule has 1 unspecified atom stereocenters. The van der Waals surface area contributed by atoms with Crippen LogP contribution in [0.15, 0.2) is 60.7 Å². The average molecular weight is 252 g/mol. The van der Waals surface area contributed by atoms with E-state index in [1.54, 1.807) is 0 Å². The molecule has 19 heavy (non-hydrogen) atoms. The van der Waals surface area contributed by atoms with E-state index in [1.807, 2.05) is 24.3 Å². The Hall–Kier alpha value is -1.60. The highest BCUT2D eigenvalue weighted by Crippen LogP contribution is 2.54. The molecule has 3 atom stereocenters. The fraction of sp³-hybridized carbons (Fsp3) is 0.333. The largest absolute Gasteiger partial charge is 0.285 e. The van der Waals surface area contributed by atoms with Crippen molar-refractivity contribution in [1.29, 1.82) is 0 Å². The molecular weight excluding hydrogens is 230 g/mol. The third kappa shape index (κ3) is 2.57. The van der Waals surface area contributed by atoms with Crippen LogP contribution in [0.3, 0.4) is 0 Å². The molecule has 2 aromatic carbocycles. The normalized spacial score (nSPS) is 29.8. The Morgan fingerprint density at radius 1 is 0.947 bits per heavy atom. The van der Waals surface area contributed by atoms with Gasteiger partial charge < -0.3 is 0 Å². The second-order valence-corrected chi connectivity index (χ2v) is 5.11. The molecule has 1 saturated heterocycles. The van der Waals surface area contributed by atoms with Crippen LogP contribution < -0.4 is 0 Å². The lowest BCUT2D eigenvalue weighted by Gasteiger charge is -2.02. The molecule has 0 bridgehead atoms. The highest BCUT2D eigenvalue weighted by atomic mass is 15.3. The maximum absolute atomic E-state index is 8.94. The van der Waals surface area contributed by atoms with E-state index in [1.165, 1.54) is 12.0 Å². The van der Waals surface area contributed by atoms with E-state index in [9.17, 15) is 0 Å². The third-order valence-corrected chi connectivity index (χ3v) is 3.75. The van der Waals surface area contributed by atoms with Crippen molar-refractivity contribution in [2.24, 2.45) is 0 Å². The van der Waals surface area contributed by atoms with E-state index in [2.05, 4.69) is 48.2 Å². The summed E-state index contributed by atoms with van der Waals surface area (Å²) in [5, 5.41) is 0. The molecule has 1 aliphatic heterocycles. The van der Waals surface area contributed by atoms with E-state index in [-0.39, 0.29) is 6.04 Å². The van der Waals surface area contributed by atoms with Crippen LogP contribution in [0.2, 0.25) is 0 Å². The van der Waals surface area contributed by atoms with Crippen LogP contribution >= 0.6 is 0 Å². The van der Waals surface area contributed by atoms with Crippen LogP contribution in [0.4, 0.5) is 0 Å². The molecule has 0 aliphatic carbocycles. The molecule has 1 nitrogen and oxygen atoms in total. The third-order valence-electron chi connectivity index (χ3n) is 3.75. The first-order valence-corrected chi connectivity index (χ1v) is 7.15. The van der Waals surface area contributed by atoms with Crippen LogP contribution in [-0.4, -0.2) is 11.4 Å². The molecule has 98 valence electrons. The summed E-state index contributed by atoms with van der Waals surface area (Å²) in [5.74, 6) is 0. The smallest absolute Gasteiger partial charge is 0.0552 e. The first-order valence-electron chi connectivity index (χ1n) is 7.65. The van der Waals surface area contributed by atoms with Crippen molar-refractivity contribution < 1.29 is 1.37 Å². The molecule has 0 aromatic heterocycles. The van der Waals surface area contributed by atoms with Gasteiger partial charge in [-0.15, -0.1) is 0 Å². The van der Waals surface area contributed by atoms with Crippen LogP contribution in [0.1, 0.15) is 44.3 Å². The Balaban J connectivity index is 1.92. The molecule has 0 spiro atoms. The van der Waals surface area contributed by atoms with Gasteiger partial charge in [0.2, 0.25) is 0 Å². The van der Waals surface area contributed by atoms with E-state index < -0.39 is 6.02 Å². The molecule has 1 aliphatic rings. The molecule has 1 heteroatoms. The monoisotopic (exact) mass is 252 g/mol. The number of hydrogen-bond donors (Lipinski definition) is 0. The second kappa shape index (κ2) is 5.58. The highest BCUT2D eigenvalue weighted by molar-refractivity contribution is 5.34. The van der Waals surface area contributed by atoms with Crippen LogP contribution in [-0.2, 0) is 0 Å². The Labute approximate surface area is 117 Å². The van der Waals surface area contributed by atoms with E-state index in [4.69, 9.17) is 1.37 Å². The maximum atomic E-state index is 8.94. The molecular formula is C18H21N. The lowest BCUT2D eigenvalue weighted by Crippen LogP contribution is -2.01. The number of unbranched alkanes of at least 4 members (excludes halogenated alkanes) is 1. The van der Waals surface area contributed by atoms with E-state index in [0.717, 1.165) is 18.5 Å². The van der Waals surface area contributed by atoms with Crippen molar-refractivity contribution in [3.63, 3.8) is 0 Å². The zero-order valence-corrected chi connectivity index (χ0v) is 11.4. The quantitative estimate of drug-likeness (QED) is 0.704. The summed E-state index contributed by atoms with van der Waals surface area (Å²) in [4.78, 5) is 2.31. The van der Waals surface area contributed by atoms with Gasteiger partial charge in [-0.1, -0.05) is 74.0 Å². The molecule has 1 fully saturated rings. The molecule has 0 amide bonds. The number of benzene rings is 2. The maximum Gasteiger partial charge on any atom is 0.0552 e. The van der Waals surface area contributed by atoms with Gasteiger partial charge in [-0.05, 0) is 24.1 Å². The minimum atomic E-state index is -0.586. The molecule has 0 saturated carbocycles. The van der Waals surface area contributed by atoms with Gasteiger partial charge in [0, 0.05) is 0 Å².